The van der Waals surface area contributed by atoms with E-state index < -0.39 is 6.10 Å². The molecule has 0 aliphatic carbocycles. The van der Waals surface area contributed by atoms with Crippen LogP contribution in [0.15, 0.2) is 0 Å². The first kappa shape index (κ1) is 52.4. The molecular formula is C48H92O6. The summed E-state index contributed by atoms with van der Waals surface area (Å²) < 4.78 is 16.7. The Morgan fingerprint density at radius 3 is 0.796 bits per heavy atom. The van der Waals surface area contributed by atoms with Gasteiger partial charge < -0.3 is 14.2 Å². The van der Waals surface area contributed by atoms with E-state index in [0.717, 1.165) is 75.5 Å². The zero-order chi connectivity index (χ0) is 39.9. The van der Waals surface area contributed by atoms with Crippen molar-refractivity contribution in [1.82, 2.24) is 0 Å². The molecular weight excluding hydrogens is 673 g/mol. The number of carbonyl (C=O) groups is 3. The second-order valence-corrected chi connectivity index (χ2v) is 17.8. The molecule has 0 aromatic rings. The minimum atomic E-state index is -0.762. The van der Waals surface area contributed by atoms with Crippen molar-refractivity contribution in [3.63, 3.8) is 0 Å². The molecule has 6 heteroatoms. The highest BCUT2D eigenvalue weighted by molar-refractivity contribution is 5.71. The average molecular weight is 765 g/mol. The fourth-order valence-corrected chi connectivity index (χ4v) is 7.06. The third kappa shape index (κ3) is 41.6. The molecule has 0 aromatic carbocycles. The molecule has 1 atom stereocenters. The van der Waals surface area contributed by atoms with E-state index >= 15 is 0 Å². The van der Waals surface area contributed by atoms with Crippen LogP contribution in [0.5, 0.6) is 0 Å². The molecule has 0 aromatic heterocycles. The summed E-state index contributed by atoms with van der Waals surface area (Å²) >= 11 is 0. The van der Waals surface area contributed by atoms with Crippen molar-refractivity contribution in [2.75, 3.05) is 13.2 Å². The van der Waals surface area contributed by atoms with Crippen molar-refractivity contribution < 1.29 is 28.6 Å². The molecule has 54 heavy (non-hydrogen) atoms. The maximum absolute atomic E-state index is 12.7. The number of carbonyl (C=O) groups excluding carboxylic acids is 3. The van der Waals surface area contributed by atoms with Gasteiger partial charge in [-0.25, -0.2) is 0 Å². The van der Waals surface area contributed by atoms with Crippen LogP contribution in [0.25, 0.3) is 0 Å². The molecule has 0 unspecified atom stereocenters. The lowest BCUT2D eigenvalue weighted by Gasteiger charge is -2.18. The molecule has 0 bridgehead atoms. The van der Waals surface area contributed by atoms with Crippen LogP contribution < -0.4 is 0 Å². The Morgan fingerprint density at radius 1 is 0.315 bits per heavy atom. The number of hydrogen-bond donors (Lipinski definition) is 0. The normalized spacial score (nSPS) is 12.2. The number of ether oxygens (including phenoxy) is 3. The lowest BCUT2D eigenvalue weighted by atomic mass is 10.0. The van der Waals surface area contributed by atoms with E-state index in [2.05, 4.69) is 41.5 Å². The first-order chi connectivity index (χ1) is 26.1. The largest absolute Gasteiger partial charge is 0.462 e. The average Bonchev–Trinajstić information content (AvgIpc) is 3.12. The highest BCUT2D eigenvalue weighted by Gasteiger charge is 2.19. The van der Waals surface area contributed by atoms with Crippen molar-refractivity contribution in [1.29, 1.82) is 0 Å². The van der Waals surface area contributed by atoms with Crippen molar-refractivity contribution in [2.24, 2.45) is 17.8 Å². The van der Waals surface area contributed by atoms with E-state index in [1.807, 2.05) is 0 Å². The van der Waals surface area contributed by atoms with Crippen LogP contribution in [0, 0.1) is 17.8 Å². The third-order valence-electron chi connectivity index (χ3n) is 10.6. The van der Waals surface area contributed by atoms with Gasteiger partial charge in [0.2, 0.25) is 0 Å². The molecule has 0 N–H and O–H groups in total. The van der Waals surface area contributed by atoms with E-state index in [-0.39, 0.29) is 31.1 Å². The van der Waals surface area contributed by atoms with Gasteiger partial charge in [-0.1, -0.05) is 215 Å². The lowest BCUT2D eigenvalue weighted by molar-refractivity contribution is -0.167. The Kier molecular flexibility index (Phi) is 38.5. The van der Waals surface area contributed by atoms with Crippen LogP contribution in [0.4, 0.5) is 0 Å². The van der Waals surface area contributed by atoms with Crippen molar-refractivity contribution in [3.05, 3.63) is 0 Å². The molecule has 0 heterocycles. The fourth-order valence-electron chi connectivity index (χ4n) is 7.06. The van der Waals surface area contributed by atoms with Gasteiger partial charge in [0.25, 0.3) is 0 Å². The first-order valence-corrected chi connectivity index (χ1v) is 23.6. The Labute approximate surface area is 336 Å². The fraction of sp³-hybridized carbons (Fsp3) is 0.938. The van der Waals surface area contributed by atoms with Crippen LogP contribution in [-0.4, -0.2) is 37.2 Å². The van der Waals surface area contributed by atoms with Gasteiger partial charge in [-0.3, -0.25) is 14.4 Å². The minimum absolute atomic E-state index is 0.0663. The van der Waals surface area contributed by atoms with Crippen molar-refractivity contribution in [2.45, 2.75) is 260 Å². The van der Waals surface area contributed by atoms with Gasteiger partial charge in [-0.05, 0) is 37.0 Å². The summed E-state index contributed by atoms with van der Waals surface area (Å²) in [6.07, 6.45) is 36.7. The molecule has 0 amide bonds. The van der Waals surface area contributed by atoms with Gasteiger partial charge in [0, 0.05) is 19.3 Å². The van der Waals surface area contributed by atoms with Gasteiger partial charge in [0.15, 0.2) is 6.10 Å². The molecule has 0 saturated heterocycles. The van der Waals surface area contributed by atoms with E-state index in [4.69, 9.17) is 14.2 Å². The van der Waals surface area contributed by atoms with Crippen molar-refractivity contribution >= 4 is 17.9 Å². The van der Waals surface area contributed by atoms with Gasteiger partial charge in [0.05, 0.1) is 0 Å². The van der Waals surface area contributed by atoms with Gasteiger partial charge >= 0.3 is 17.9 Å². The summed E-state index contributed by atoms with van der Waals surface area (Å²) in [6, 6.07) is 0. The summed E-state index contributed by atoms with van der Waals surface area (Å²) in [5.74, 6) is 1.54. The molecule has 0 aliphatic heterocycles. The molecule has 0 rings (SSSR count). The van der Waals surface area contributed by atoms with Gasteiger partial charge in [-0.15, -0.1) is 0 Å². The monoisotopic (exact) mass is 765 g/mol. The van der Waals surface area contributed by atoms with E-state index in [0.29, 0.717) is 19.3 Å². The molecule has 0 fully saturated rings. The summed E-state index contributed by atoms with van der Waals surface area (Å²) in [4.78, 5) is 37.7. The standard InChI is InChI=1S/C48H92O6/c1-42(2)34-28-22-16-12-8-7-9-14-18-25-31-37-46(49)52-40-45(41-53-47(50)38-32-26-21-20-24-30-36-44(5)6)54-48(51)39-33-27-19-15-11-10-13-17-23-29-35-43(3)4/h42-45H,7-41H2,1-6H3/t45-/m1/s1. The summed E-state index contributed by atoms with van der Waals surface area (Å²) in [6.45, 7) is 13.6. The highest BCUT2D eigenvalue weighted by atomic mass is 16.6. The second kappa shape index (κ2) is 39.6. The molecule has 0 saturated carbocycles. The van der Waals surface area contributed by atoms with Crippen LogP contribution in [-0.2, 0) is 28.6 Å². The van der Waals surface area contributed by atoms with E-state index in [1.165, 1.54) is 135 Å². The molecule has 320 valence electrons. The van der Waals surface area contributed by atoms with Crippen LogP contribution >= 0.6 is 0 Å². The minimum Gasteiger partial charge on any atom is -0.462 e. The van der Waals surface area contributed by atoms with Crippen LogP contribution in [0.2, 0.25) is 0 Å². The predicted octanol–water partition coefficient (Wildman–Crippen LogP) is 14.8. The number of unbranched alkanes of at least 4 members (excludes halogenated alkanes) is 24. The van der Waals surface area contributed by atoms with Crippen LogP contribution in [0.3, 0.4) is 0 Å². The Morgan fingerprint density at radius 2 is 0.537 bits per heavy atom. The maximum Gasteiger partial charge on any atom is 0.306 e. The summed E-state index contributed by atoms with van der Waals surface area (Å²) in [5, 5.41) is 0. The number of hydrogen-bond acceptors (Lipinski definition) is 6. The van der Waals surface area contributed by atoms with E-state index in [1.54, 1.807) is 0 Å². The topological polar surface area (TPSA) is 78.9 Å². The molecule has 0 aliphatic rings. The lowest BCUT2D eigenvalue weighted by Crippen LogP contribution is -2.30. The highest BCUT2D eigenvalue weighted by Crippen LogP contribution is 2.17. The smallest absolute Gasteiger partial charge is 0.306 e. The Bertz CT molecular complexity index is 837. The summed E-state index contributed by atoms with van der Waals surface area (Å²) in [7, 11) is 0. The van der Waals surface area contributed by atoms with E-state index in [9.17, 15) is 14.4 Å². The molecule has 0 radical (unpaired) electrons. The van der Waals surface area contributed by atoms with Gasteiger partial charge in [0.1, 0.15) is 13.2 Å². The maximum atomic E-state index is 12.7. The second-order valence-electron chi connectivity index (χ2n) is 17.8. The number of rotatable bonds is 41. The zero-order valence-corrected chi connectivity index (χ0v) is 37.0. The Hall–Kier alpha value is -1.59. The predicted molar refractivity (Wildman–Crippen MR) is 229 cm³/mol. The number of esters is 3. The van der Waals surface area contributed by atoms with Crippen molar-refractivity contribution in [3.8, 4) is 0 Å². The quantitative estimate of drug-likeness (QED) is 0.0350. The zero-order valence-electron chi connectivity index (χ0n) is 37.0. The third-order valence-corrected chi connectivity index (χ3v) is 10.6. The summed E-state index contributed by atoms with van der Waals surface area (Å²) in [5.41, 5.74) is 0. The Balaban J connectivity index is 4.32. The first-order valence-electron chi connectivity index (χ1n) is 23.6. The molecule has 6 nitrogen and oxygen atoms in total. The SMILES string of the molecule is CC(C)CCCCCCCCCCCCCC(=O)OC[C@H](COC(=O)CCCCCCCCC(C)C)OC(=O)CCCCCCCCCCCCC(C)C. The van der Waals surface area contributed by atoms with Crippen LogP contribution in [0.1, 0.15) is 253 Å². The molecule has 0 spiro atoms. The van der Waals surface area contributed by atoms with Gasteiger partial charge in [-0.2, -0.15) is 0 Å².